The van der Waals surface area contributed by atoms with E-state index >= 15 is 0 Å². The number of aromatic amines is 1. The van der Waals surface area contributed by atoms with Crippen LogP contribution in [0.3, 0.4) is 0 Å². The van der Waals surface area contributed by atoms with Crippen molar-refractivity contribution < 1.29 is 33.8 Å². The predicted octanol–water partition coefficient (Wildman–Crippen LogP) is -0.200. The molecule has 0 radical (unpaired) electrons. The maximum absolute atomic E-state index is 12.0. The number of hydrogen-bond donors (Lipinski definition) is 5. The summed E-state index contributed by atoms with van der Waals surface area (Å²) in [5, 5.41) is 17.5. The van der Waals surface area contributed by atoms with Crippen LogP contribution >= 0.6 is 0 Å². The van der Waals surface area contributed by atoms with Gasteiger partial charge < -0.3 is 30.2 Å². The Kier molecular flexibility index (Phi) is 16.0. The highest BCUT2D eigenvalue weighted by molar-refractivity contribution is 5.82. The van der Waals surface area contributed by atoms with Gasteiger partial charge in [-0.1, -0.05) is 6.92 Å². The molecule has 2 amide bonds. The molecule has 0 unspecified atom stereocenters. The molecule has 0 saturated heterocycles. The number of ether oxygens (including phenoxy) is 2. The second-order valence-electron chi connectivity index (χ2n) is 7.60. The average molecular weight is 484 g/mol. The lowest BCUT2D eigenvalue weighted by atomic mass is 10.1. The molecule has 0 fully saturated rings. The molecule has 5 N–H and O–H groups in total. The molecule has 1 aromatic rings. The summed E-state index contributed by atoms with van der Waals surface area (Å²) in [5.41, 5.74) is 0.859. The molecule has 0 aliphatic carbocycles. The van der Waals surface area contributed by atoms with E-state index in [4.69, 9.17) is 9.47 Å². The van der Waals surface area contributed by atoms with Gasteiger partial charge in [-0.25, -0.2) is 4.98 Å². The third kappa shape index (κ3) is 15.1. The van der Waals surface area contributed by atoms with Crippen LogP contribution in [0.4, 0.5) is 0 Å². The van der Waals surface area contributed by atoms with Crippen molar-refractivity contribution in [3.05, 3.63) is 18.2 Å². The standard InChI is InChI=1S/C22H37N5O7/c1-2-20(29)25-9-10-33-11-12-34-15-21(30)24-8-4-3-5-19(22(31)32)26-14-18(28)7-6-17-13-23-16-27-17/h13,16,19,26H,2-12,14-15H2,1H3,(H,23,27)(H,24,30)(H,25,29)(H,31,32)/t19-/m0/s1. The number of aromatic nitrogens is 2. The van der Waals surface area contributed by atoms with Crippen molar-refractivity contribution in [3.63, 3.8) is 0 Å². The largest absolute Gasteiger partial charge is 0.480 e. The van der Waals surface area contributed by atoms with Crippen LogP contribution in [0.1, 0.15) is 44.7 Å². The summed E-state index contributed by atoms with van der Waals surface area (Å²) in [7, 11) is 0. The fraction of sp³-hybridized carbons (Fsp3) is 0.682. The van der Waals surface area contributed by atoms with E-state index in [0.29, 0.717) is 64.8 Å². The molecule has 1 rings (SSSR count). The van der Waals surface area contributed by atoms with Crippen molar-refractivity contribution in [1.29, 1.82) is 0 Å². The van der Waals surface area contributed by atoms with Gasteiger partial charge in [-0.05, 0) is 25.7 Å². The van der Waals surface area contributed by atoms with Gasteiger partial charge in [-0.2, -0.15) is 0 Å². The minimum absolute atomic E-state index is 0.00370. The summed E-state index contributed by atoms with van der Waals surface area (Å²) >= 11 is 0. The number of hydrogen-bond acceptors (Lipinski definition) is 8. The highest BCUT2D eigenvalue weighted by Gasteiger charge is 2.17. The minimum Gasteiger partial charge on any atom is -0.480 e. The van der Waals surface area contributed by atoms with Crippen molar-refractivity contribution in [2.45, 2.75) is 51.5 Å². The molecule has 12 heteroatoms. The van der Waals surface area contributed by atoms with Gasteiger partial charge in [0, 0.05) is 37.8 Å². The van der Waals surface area contributed by atoms with E-state index in [1.165, 1.54) is 0 Å². The number of rotatable bonds is 21. The highest BCUT2D eigenvalue weighted by Crippen LogP contribution is 2.02. The summed E-state index contributed by atoms with van der Waals surface area (Å²) in [6.07, 6.45) is 6.01. The second kappa shape index (κ2) is 18.6. The molecule has 0 aromatic carbocycles. The summed E-state index contributed by atoms with van der Waals surface area (Å²) in [5.74, 6) is -1.36. The Morgan fingerprint density at radius 3 is 2.53 bits per heavy atom. The summed E-state index contributed by atoms with van der Waals surface area (Å²) in [6.45, 7) is 3.50. The molecular weight excluding hydrogens is 446 g/mol. The molecule has 34 heavy (non-hydrogen) atoms. The number of H-pyrrole nitrogens is 1. The lowest BCUT2D eigenvalue weighted by molar-refractivity contribution is -0.139. The van der Waals surface area contributed by atoms with E-state index in [2.05, 4.69) is 25.9 Å². The first-order chi connectivity index (χ1) is 16.4. The number of aryl methyl sites for hydroxylation is 1. The zero-order valence-electron chi connectivity index (χ0n) is 19.8. The lowest BCUT2D eigenvalue weighted by Crippen LogP contribution is -2.40. The third-order valence-electron chi connectivity index (χ3n) is 4.81. The molecule has 0 bridgehead atoms. The van der Waals surface area contributed by atoms with Crippen LogP contribution in [0.25, 0.3) is 0 Å². The van der Waals surface area contributed by atoms with Crippen molar-refractivity contribution in [1.82, 2.24) is 25.9 Å². The first kappa shape index (κ1) is 29.2. The number of carbonyl (C=O) groups is 4. The molecule has 12 nitrogen and oxygen atoms in total. The van der Waals surface area contributed by atoms with Crippen LogP contribution in [0.15, 0.2) is 12.5 Å². The Bertz CT molecular complexity index is 727. The normalized spacial score (nSPS) is 11.7. The average Bonchev–Trinajstić information content (AvgIpc) is 3.34. The SMILES string of the molecule is CCC(=O)NCCOCCOCC(=O)NCCCC[C@H](NCC(=O)CCc1cnc[nH]1)C(=O)O. The Hall–Kier alpha value is -2.83. The number of amides is 2. The number of nitrogens with zero attached hydrogens (tertiary/aromatic N) is 1. The smallest absolute Gasteiger partial charge is 0.320 e. The molecular formula is C22H37N5O7. The lowest BCUT2D eigenvalue weighted by Gasteiger charge is -2.14. The number of unbranched alkanes of at least 4 members (excludes halogenated alkanes) is 1. The maximum atomic E-state index is 12.0. The molecule has 1 heterocycles. The zero-order valence-corrected chi connectivity index (χ0v) is 19.8. The zero-order chi connectivity index (χ0) is 25.0. The summed E-state index contributed by atoms with van der Waals surface area (Å²) in [4.78, 5) is 52.9. The van der Waals surface area contributed by atoms with E-state index in [0.717, 1.165) is 5.69 Å². The molecule has 1 atom stereocenters. The van der Waals surface area contributed by atoms with E-state index in [1.54, 1.807) is 19.4 Å². The number of ketones is 1. The van der Waals surface area contributed by atoms with Crippen LogP contribution in [0, 0.1) is 0 Å². The summed E-state index contributed by atoms with van der Waals surface area (Å²) < 4.78 is 10.5. The van der Waals surface area contributed by atoms with Gasteiger partial charge >= 0.3 is 5.97 Å². The quantitative estimate of drug-likeness (QED) is 0.148. The molecule has 0 saturated carbocycles. The highest BCUT2D eigenvalue weighted by atomic mass is 16.5. The van der Waals surface area contributed by atoms with Crippen LogP contribution in [-0.4, -0.2) is 90.7 Å². The van der Waals surface area contributed by atoms with E-state index < -0.39 is 12.0 Å². The van der Waals surface area contributed by atoms with Crippen molar-refractivity contribution in [2.75, 3.05) is 46.1 Å². The van der Waals surface area contributed by atoms with Crippen molar-refractivity contribution in [2.24, 2.45) is 0 Å². The van der Waals surface area contributed by atoms with Crippen LogP contribution < -0.4 is 16.0 Å². The van der Waals surface area contributed by atoms with E-state index in [9.17, 15) is 24.3 Å². The molecule has 0 aliphatic rings. The Morgan fingerprint density at radius 2 is 1.82 bits per heavy atom. The van der Waals surface area contributed by atoms with Gasteiger partial charge in [0.05, 0.1) is 32.7 Å². The molecule has 0 spiro atoms. The number of carboxylic acids is 1. The number of nitrogens with one attached hydrogen (secondary N) is 4. The topological polar surface area (TPSA) is 172 Å². The van der Waals surface area contributed by atoms with Gasteiger partial charge in [-0.3, -0.25) is 24.5 Å². The van der Waals surface area contributed by atoms with E-state index in [-0.39, 0.29) is 37.4 Å². The number of carbonyl (C=O) groups excluding carboxylic acids is 3. The van der Waals surface area contributed by atoms with E-state index in [1.807, 2.05) is 0 Å². The van der Waals surface area contributed by atoms with Gasteiger partial charge in [-0.15, -0.1) is 0 Å². The van der Waals surface area contributed by atoms with Gasteiger partial charge in [0.2, 0.25) is 11.8 Å². The first-order valence-electron chi connectivity index (χ1n) is 11.6. The second-order valence-corrected chi connectivity index (χ2v) is 7.60. The molecule has 1 aromatic heterocycles. The number of aliphatic carboxylic acids is 1. The fourth-order valence-electron chi connectivity index (χ4n) is 2.86. The molecule has 192 valence electrons. The Morgan fingerprint density at radius 1 is 1.06 bits per heavy atom. The number of carboxylic acid groups (broad SMARTS) is 1. The fourth-order valence-corrected chi connectivity index (χ4v) is 2.86. The summed E-state index contributed by atoms with van der Waals surface area (Å²) in [6, 6.07) is -0.814. The number of imidazole rings is 1. The van der Waals surface area contributed by atoms with Gasteiger partial charge in [0.15, 0.2) is 0 Å². The Labute approximate surface area is 199 Å². The van der Waals surface area contributed by atoms with Gasteiger partial charge in [0.25, 0.3) is 0 Å². The van der Waals surface area contributed by atoms with Gasteiger partial charge in [0.1, 0.15) is 18.4 Å². The minimum atomic E-state index is -1.01. The number of Topliss-reactive ketones (excluding diaryl/α,β-unsaturated/α-hetero) is 1. The monoisotopic (exact) mass is 483 g/mol. The third-order valence-corrected chi connectivity index (χ3v) is 4.81. The first-order valence-corrected chi connectivity index (χ1v) is 11.6. The predicted molar refractivity (Wildman–Crippen MR) is 123 cm³/mol. The van der Waals surface area contributed by atoms with Crippen molar-refractivity contribution in [3.8, 4) is 0 Å². The maximum Gasteiger partial charge on any atom is 0.320 e. The van der Waals surface area contributed by atoms with Crippen LogP contribution in [0.5, 0.6) is 0 Å². The van der Waals surface area contributed by atoms with Crippen LogP contribution in [0.2, 0.25) is 0 Å². The Balaban J connectivity index is 2.01. The molecule has 0 aliphatic heterocycles. The van der Waals surface area contributed by atoms with Crippen molar-refractivity contribution >= 4 is 23.6 Å². The van der Waals surface area contributed by atoms with Crippen LogP contribution in [-0.2, 0) is 35.1 Å².